The fourth-order valence-electron chi connectivity index (χ4n) is 3.28. The number of carbonyl (C=O) groups is 1. The van der Waals surface area contributed by atoms with Gasteiger partial charge in [0.2, 0.25) is 10.0 Å². The van der Waals surface area contributed by atoms with Crippen LogP contribution in [0.1, 0.15) is 46.5 Å². The van der Waals surface area contributed by atoms with Gasteiger partial charge in [-0.1, -0.05) is 20.8 Å². The van der Waals surface area contributed by atoms with Crippen LogP contribution in [0, 0.1) is 23.2 Å². The lowest BCUT2D eigenvalue weighted by atomic mass is 9.61. The second-order valence-corrected chi connectivity index (χ2v) is 8.83. The quantitative estimate of drug-likeness (QED) is 0.812. The molecule has 0 amide bonds. The predicted molar refractivity (Wildman–Crippen MR) is 76.7 cm³/mol. The summed E-state index contributed by atoms with van der Waals surface area (Å²) in [5.41, 5.74) is -0.406. The van der Waals surface area contributed by atoms with Crippen LogP contribution in [-0.4, -0.2) is 31.3 Å². The lowest BCUT2D eigenvalue weighted by Gasteiger charge is -2.46. The molecule has 6 heteroatoms. The molecular formula is C14H25NO4S. The first kappa shape index (κ1) is 15.8. The third kappa shape index (κ3) is 3.34. The minimum absolute atomic E-state index is 0.00586. The van der Waals surface area contributed by atoms with Crippen molar-refractivity contribution >= 4 is 16.0 Å². The average molecular weight is 303 g/mol. The molecule has 2 fully saturated rings. The van der Waals surface area contributed by atoms with Crippen LogP contribution in [0.4, 0.5) is 0 Å². The summed E-state index contributed by atoms with van der Waals surface area (Å²) in [7, 11) is -3.24. The summed E-state index contributed by atoms with van der Waals surface area (Å²) in [5, 5.41) is 9.30. The molecule has 3 atom stereocenters. The third-order valence-corrected chi connectivity index (χ3v) is 6.79. The molecular weight excluding hydrogens is 278 g/mol. The van der Waals surface area contributed by atoms with Gasteiger partial charge in [-0.15, -0.1) is 0 Å². The number of sulfonamides is 1. The van der Waals surface area contributed by atoms with Crippen LogP contribution in [0.5, 0.6) is 0 Å². The van der Waals surface area contributed by atoms with E-state index in [9.17, 15) is 18.3 Å². The minimum atomic E-state index is -3.24. The Bertz CT molecular complexity index is 481. The maximum atomic E-state index is 12.1. The molecule has 0 aromatic rings. The highest BCUT2D eigenvalue weighted by Gasteiger charge is 2.47. The Morgan fingerprint density at radius 2 is 1.85 bits per heavy atom. The smallest absolute Gasteiger partial charge is 0.307 e. The first-order valence-corrected chi connectivity index (χ1v) is 9.01. The third-order valence-electron chi connectivity index (χ3n) is 5.22. The molecule has 2 aliphatic carbocycles. The summed E-state index contributed by atoms with van der Waals surface area (Å²) in [5.74, 6) is -0.626. The van der Waals surface area contributed by atoms with Crippen LogP contribution in [0.2, 0.25) is 0 Å². The second kappa shape index (κ2) is 5.30. The van der Waals surface area contributed by atoms with E-state index >= 15 is 0 Å². The molecule has 0 radical (unpaired) electrons. The SMILES string of the molecule is CC1C(NS(=O)(=O)CC2CC2)CCC(C(=O)O)C1(C)C. The number of carboxylic acids is 1. The Labute approximate surface area is 121 Å². The molecule has 0 bridgehead atoms. The number of hydrogen-bond acceptors (Lipinski definition) is 3. The molecule has 2 rings (SSSR count). The molecule has 116 valence electrons. The van der Waals surface area contributed by atoms with Crippen molar-refractivity contribution < 1.29 is 18.3 Å². The van der Waals surface area contributed by atoms with Crippen molar-refractivity contribution in [3.05, 3.63) is 0 Å². The van der Waals surface area contributed by atoms with E-state index in [1.165, 1.54) is 0 Å². The predicted octanol–water partition coefficient (Wildman–Crippen LogP) is 1.84. The number of aliphatic carboxylic acids is 1. The first-order valence-electron chi connectivity index (χ1n) is 7.36. The van der Waals surface area contributed by atoms with Crippen molar-refractivity contribution in [3.8, 4) is 0 Å². The minimum Gasteiger partial charge on any atom is -0.481 e. The summed E-state index contributed by atoms with van der Waals surface area (Å²) in [6.07, 6.45) is 3.15. The normalized spacial score (nSPS) is 33.9. The molecule has 0 aromatic carbocycles. The van der Waals surface area contributed by atoms with Gasteiger partial charge < -0.3 is 5.11 Å². The van der Waals surface area contributed by atoms with Crippen molar-refractivity contribution in [2.75, 3.05) is 5.75 Å². The lowest BCUT2D eigenvalue weighted by molar-refractivity contribution is -0.150. The van der Waals surface area contributed by atoms with E-state index in [0.29, 0.717) is 18.8 Å². The molecule has 2 saturated carbocycles. The van der Waals surface area contributed by atoms with Crippen LogP contribution in [0.25, 0.3) is 0 Å². The maximum absolute atomic E-state index is 12.1. The van der Waals surface area contributed by atoms with Gasteiger partial charge in [-0.25, -0.2) is 13.1 Å². The topological polar surface area (TPSA) is 83.5 Å². The van der Waals surface area contributed by atoms with Gasteiger partial charge in [0, 0.05) is 6.04 Å². The van der Waals surface area contributed by atoms with Crippen molar-refractivity contribution in [2.24, 2.45) is 23.2 Å². The number of nitrogens with one attached hydrogen (secondary N) is 1. The zero-order valence-electron chi connectivity index (χ0n) is 12.4. The van der Waals surface area contributed by atoms with Gasteiger partial charge in [0.05, 0.1) is 11.7 Å². The van der Waals surface area contributed by atoms with Crippen LogP contribution >= 0.6 is 0 Å². The summed E-state index contributed by atoms with van der Waals surface area (Å²) < 4.78 is 27.0. The van der Waals surface area contributed by atoms with E-state index in [4.69, 9.17) is 0 Å². The Morgan fingerprint density at radius 1 is 1.25 bits per heavy atom. The molecule has 3 unspecified atom stereocenters. The highest BCUT2D eigenvalue weighted by molar-refractivity contribution is 7.89. The zero-order chi connectivity index (χ0) is 15.1. The molecule has 0 spiro atoms. The van der Waals surface area contributed by atoms with Crippen LogP contribution in [0.3, 0.4) is 0 Å². The summed E-state index contributed by atoms with van der Waals surface area (Å²) in [4.78, 5) is 11.3. The van der Waals surface area contributed by atoms with Gasteiger partial charge in [0.25, 0.3) is 0 Å². The van der Waals surface area contributed by atoms with Crippen LogP contribution in [0.15, 0.2) is 0 Å². The van der Waals surface area contributed by atoms with Gasteiger partial charge in [-0.05, 0) is 42.9 Å². The van der Waals surface area contributed by atoms with Crippen LogP contribution in [-0.2, 0) is 14.8 Å². The summed E-state index contributed by atoms with van der Waals surface area (Å²) >= 11 is 0. The van der Waals surface area contributed by atoms with E-state index in [1.54, 1.807) is 0 Å². The van der Waals surface area contributed by atoms with Crippen molar-refractivity contribution in [1.29, 1.82) is 0 Å². The number of rotatable bonds is 5. The molecule has 0 heterocycles. The Morgan fingerprint density at radius 3 is 2.35 bits per heavy atom. The Kier molecular flexibility index (Phi) is 4.17. The Hall–Kier alpha value is -0.620. The monoisotopic (exact) mass is 303 g/mol. The first-order chi connectivity index (χ1) is 9.13. The fraction of sp³-hybridized carbons (Fsp3) is 0.929. The molecule has 0 saturated heterocycles. The fourth-order valence-corrected chi connectivity index (χ4v) is 5.11. The molecule has 20 heavy (non-hydrogen) atoms. The van der Waals surface area contributed by atoms with E-state index in [2.05, 4.69) is 4.72 Å². The van der Waals surface area contributed by atoms with E-state index in [-0.39, 0.29) is 17.7 Å². The lowest BCUT2D eigenvalue weighted by Crippen LogP contribution is -2.52. The molecule has 5 nitrogen and oxygen atoms in total. The molecule has 2 aliphatic rings. The molecule has 0 aliphatic heterocycles. The zero-order valence-corrected chi connectivity index (χ0v) is 13.2. The standard InChI is InChI=1S/C14H25NO4S/c1-9-12(15-20(18,19)8-10-4-5-10)7-6-11(13(16)17)14(9,2)3/h9-12,15H,4-8H2,1-3H3,(H,16,17). The largest absolute Gasteiger partial charge is 0.481 e. The van der Waals surface area contributed by atoms with E-state index < -0.39 is 27.3 Å². The van der Waals surface area contributed by atoms with E-state index in [1.807, 2.05) is 20.8 Å². The summed E-state index contributed by atoms with van der Waals surface area (Å²) in [6, 6.07) is -0.149. The number of hydrogen-bond donors (Lipinski definition) is 2. The van der Waals surface area contributed by atoms with Crippen LogP contribution < -0.4 is 4.72 Å². The van der Waals surface area contributed by atoms with Crippen molar-refractivity contribution in [3.63, 3.8) is 0 Å². The van der Waals surface area contributed by atoms with Crippen molar-refractivity contribution in [1.82, 2.24) is 4.72 Å². The highest BCUT2D eigenvalue weighted by atomic mass is 32.2. The van der Waals surface area contributed by atoms with Gasteiger partial charge >= 0.3 is 5.97 Å². The Balaban J connectivity index is 2.05. The molecule has 0 aromatic heterocycles. The van der Waals surface area contributed by atoms with Gasteiger partial charge in [0.15, 0.2) is 0 Å². The maximum Gasteiger partial charge on any atom is 0.307 e. The summed E-state index contributed by atoms with van der Waals surface area (Å²) in [6.45, 7) is 5.81. The van der Waals surface area contributed by atoms with E-state index in [0.717, 1.165) is 12.8 Å². The second-order valence-electron chi connectivity index (χ2n) is 7.03. The average Bonchev–Trinajstić information content (AvgIpc) is 3.07. The van der Waals surface area contributed by atoms with Gasteiger partial charge in [-0.3, -0.25) is 4.79 Å². The number of carboxylic acid groups (broad SMARTS) is 1. The molecule has 2 N–H and O–H groups in total. The van der Waals surface area contributed by atoms with Gasteiger partial charge in [0.1, 0.15) is 0 Å². The van der Waals surface area contributed by atoms with Gasteiger partial charge in [-0.2, -0.15) is 0 Å². The van der Waals surface area contributed by atoms with Crippen molar-refractivity contribution in [2.45, 2.75) is 52.5 Å². The highest BCUT2D eigenvalue weighted by Crippen LogP contribution is 2.45.